The standard InChI is InChI=1S/C14H18BrF2NO/c1-3-9(4-2)11(15)8-18-14(19)10-5-6-12(16)13(17)7-10/h5-7,9,11H,3-4,8H2,1-2H3,(H,18,19). The van der Waals surface area contributed by atoms with Crippen molar-refractivity contribution in [1.82, 2.24) is 5.32 Å². The molecule has 19 heavy (non-hydrogen) atoms. The highest BCUT2D eigenvalue weighted by atomic mass is 79.9. The van der Waals surface area contributed by atoms with Crippen LogP contribution in [0.2, 0.25) is 0 Å². The molecule has 0 fully saturated rings. The van der Waals surface area contributed by atoms with Gasteiger partial charge in [-0.1, -0.05) is 42.6 Å². The van der Waals surface area contributed by atoms with Gasteiger partial charge in [0.25, 0.3) is 5.91 Å². The van der Waals surface area contributed by atoms with Gasteiger partial charge in [-0.2, -0.15) is 0 Å². The lowest BCUT2D eigenvalue weighted by atomic mass is 9.99. The first kappa shape index (κ1) is 16.1. The van der Waals surface area contributed by atoms with E-state index in [1.165, 1.54) is 6.07 Å². The lowest BCUT2D eigenvalue weighted by Crippen LogP contribution is -2.33. The Morgan fingerprint density at radius 2 is 1.89 bits per heavy atom. The summed E-state index contributed by atoms with van der Waals surface area (Å²) in [6.45, 7) is 4.66. The van der Waals surface area contributed by atoms with Gasteiger partial charge in [0.2, 0.25) is 0 Å². The van der Waals surface area contributed by atoms with Gasteiger partial charge in [0.15, 0.2) is 11.6 Å². The fraction of sp³-hybridized carbons (Fsp3) is 0.500. The van der Waals surface area contributed by atoms with E-state index in [0.717, 1.165) is 25.0 Å². The Hall–Kier alpha value is -0.970. The molecule has 1 atom stereocenters. The molecule has 1 rings (SSSR count). The van der Waals surface area contributed by atoms with E-state index in [9.17, 15) is 13.6 Å². The predicted molar refractivity (Wildman–Crippen MR) is 75.5 cm³/mol. The Kier molecular flexibility index (Phi) is 6.42. The summed E-state index contributed by atoms with van der Waals surface area (Å²) >= 11 is 3.54. The minimum Gasteiger partial charge on any atom is -0.351 e. The van der Waals surface area contributed by atoms with E-state index in [1.54, 1.807) is 0 Å². The number of alkyl halides is 1. The molecule has 0 aliphatic rings. The lowest BCUT2D eigenvalue weighted by molar-refractivity contribution is 0.0951. The van der Waals surface area contributed by atoms with E-state index >= 15 is 0 Å². The molecule has 0 bridgehead atoms. The molecule has 1 aromatic carbocycles. The first-order valence-electron chi connectivity index (χ1n) is 6.36. The average Bonchev–Trinajstić information content (AvgIpc) is 2.40. The quantitative estimate of drug-likeness (QED) is 0.786. The molecule has 0 heterocycles. The molecular weight excluding hydrogens is 316 g/mol. The third-order valence-electron chi connectivity index (χ3n) is 3.20. The molecule has 0 radical (unpaired) electrons. The second-order valence-electron chi connectivity index (χ2n) is 4.43. The van der Waals surface area contributed by atoms with Crippen molar-refractivity contribution in [2.45, 2.75) is 31.5 Å². The summed E-state index contributed by atoms with van der Waals surface area (Å²) in [6, 6.07) is 3.13. The molecule has 0 saturated carbocycles. The third kappa shape index (κ3) is 4.56. The summed E-state index contributed by atoms with van der Waals surface area (Å²) in [4.78, 5) is 12.0. The smallest absolute Gasteiger partial charge is 0.251 e. The third-order valence-corrected chi connectivity index (χ3v) is 4.27. The van der Waals surface area contributed by atoms with Crippen LogP contribution in [0.3, 0.4) is 0 Å². The van der Waals surface area contributed by atoms with Crippen molar-refractivity contribution < 1.29 is 13.6 Å². The van der Waals surface area contributed by atoms with Gasteiger partial charge in [0.05, 0.1) is 0 Å². The van der Waals surface area contributed by atoms with Gasteiger partial charge in [-0.3, -0.25) is 4.79 Å². The van der Waals surface area contributed by atoms with Gasteiger partial charge in [-0.05, 0) is 24.1 Å². The Labute approximate surface area is 120 Å². The molecule has 0 spiro atoms. The van der Waals surface area contributed by atoms with Crippen LogP contribution < -0.4 is 5.32 Å². The van der Waals surface area contributed by atoms with Gasteiger partial charge in [0, 0.05) is 16.9 Å². The molecule has 1 N–H and O–H groups in total. The molecule has 0 aliphatic heterocycles. The highest BCUT2D eigenvalue weighted by Gasteiger charge is 2.17. The molecule has 1 amide bonds. The van der Waals surface area contributed by atoms with Crippen molar-refractivity contribution in [3.8, 4) is 0 Å². The highest BCUT2D eigenvalue weighted by Crippen LogP contribution is 2.19. The van der Waals surface area contributed by atoms with Crippen LogP contribution in [0, 0.1) is 17.6 Å². The van der Waals surface area contributed by atoms with Gasteiger partial charge in [-0.25, -0.2) is 8.78 Å². The molecule has 2 nitrogen and oxygen atoms in total. The van der Waals surface area contributed by atoms with E-state index in [4.69, 9.17) is 0 Å². The summed E-state index contributed by atoms with van der Waals surface area (Å²) in [6.07, 6.45) is 2.04. The number of carbonyl (C=O) groups excluding carboxylic acids is 1. The van der Waals surface area contributed by atoms with Gasteiger partial charge < -0.3 is 5.32 Å². The van der Waals surface area contributed by atoms with Crippen molar-refractivity contribution in [3.63, 3.8) is 0 Å². The van der Waals surface area contributed by atoms with E-state index in [2.05, 4.69) is 35.1 Å². The largest absolute Gasteiger partial charge is 0.351 e. The van der Waals surface area contributed by atoms with E-state index < -0.39 is 17.5 Å². The zero-order chi connectivity index (χ0) is 14.4. The van der Waals surface area contributed by atoms with Crippen LogP contribution in [0.1, 0.15) is 37.0 Å². The minimum absolute atomic E-state index is 0.128. The predicted octanol–water partition coefficient (Wildman–Crippen LogP) is 3.89. The molecule has 1 unspecified atom stereocenters. The first-order chi connectivity index (χ1) is 8.99. The van der Waals surface area contributed by atoms with Gasteiger partial charge in [0.1, 0.15) is 0 Å². The maximum absolute atomic E-state index is 13.0. The fourth-order valence-corrected chi connectivity index (χ4v) is 2.81. The minimum atomic E-state index is -1.01. The van der Waals surface area contributed by atoms with Crippen molar-refractivity contribution in [1.29, 1.82) is 0 Å². The number of hydrogen-bond acceptors (Lipinski definition) is 1. The topological polar surface area (TPSA) is 29.1 Å². The van der Waals surface area contributed by atoms with E-state index in [-0.39, 0.29) is 10.4 Å². The van der Waals surface area contributed by atoms with Crippen LogP contribution in [0.5, 0.6) is 0 Å². The van der Waals surface area contributed by atoms with Gasteiger partial charge in [-0.15, -0.1) is 0 Å². The molecular formula is C14H18BrF2NO. The van der Waals surface area contributed by atoms with Crippen LogP contribution in [-0.4, -0.2) is 17.3 Å². The average molecular weight is 334 g/mol. The molecule has 0 aliphatic carbocycles. The summed E-state index contributed by atoms with van der Waals surface area (Å²) < 4.78 is 25.8. The van der Waals surface area contributed by atoms with Gasteiger partial charge >= 0.3 is 0 Å². The first-order valence-corrected chi connectivity index (χ1v) is 7.28. The summed E-state index contributed by atoms with van der Waals surface area (Å²) in [5.41, 5.74) is 0.128. The van der Waals surface area contributed by atoms with Crippen LogP contribution in [-0.2, 0) is 0 Å². The highest BCUT2D eigenvalue weighted by molar-refractivity contribution is 9.09. The zero-order valence-electron chi connectivity index (χ0n) is 11.1. The number of benzene rings is 1. The van der Waals surface area contributed by atoms with Crippen LogP contribution in [0.25, 0.3) is 0 Å². The van der Waals surface area contributed by atoms with Crippen molar-refractivity contribution in [2.75, 3.05) is 6.54 Å². The van der Waals surface area contributed by atoms with Crippen molar-refractivity contribution in [2.24, 2.45) is 5.92 Å². The zero-order valence-corrected chi connectivity index (χ0v) is 12.6. The van der Waals surface area contributed by atoms with Crippen molar-refractivity contribution >= 4 is 21.8 Å². The molecule has 0 aromatic heterocycles. The SMILES string of the molecule is CCC(CC)C(Br)CNC(=O)c1ccc(F)c(F)c1. The van der Waals surface area contributed by atoms with Crippen LogP contribution >= 0.6 is 15.9 Å². The lowest BCUT2D eigenvalue weighted by Gasteiger charge is -2.19. The number of halogens is 3. The van der Waals surface area contributed by atoms with E-state index in [1.807, 2.05) is 0 Å². The normalized spacial score (nSPS) is 12.5. The van der Waals surface area contributed by atoms with E-state index in [0.29, 0.717) is 12.5 Å². The summed E-state index contributed by atoms with van der Waals surface area (Å²) in [7, 11) is 0. The number of nitrogens with one attached hydrogen (secondary N) is 1. The maximum Gasteiger partial charge on any atom is 0.251 e. The second-order valence-corrected chi connectivity index (χ2v) is 5.61. The summed E-state index contributed by atoms with van der Waals surface area (Å²) in [5.74, 6) is -1.88. The van der Waals surface area contributed by atoms with Crippen LogP contribution in [0.15, 0.2) is 18.2 Å². The Bertz CT molecular complexity index is 435. The monoisotopic (exact) mass is 333 g/mol. The summed E-state index contributed by atoms with van der Waals surface area (Å²) in [5, 5.41) is 2.72. The fourth-order valence-electron chi connectivity index (χ4n) is 1.90. The maximum atomic E-state index is 13.0. The second kappa shape index (κ2) is 7.58. The Morgan fingerprint density at radius 1 is 1.26 bits per heavy atom. The van der Waals surface area contributed by atoms with Crippen LogP contribution in [0.4, 0.5) is 8.78 Å². The molecule has 1 aromatic rings. The molecule has 5 heteroatoms. The number of amides is 1. The number of hydrogen-bond donors (Lipinski definition) is 1. The molecule has 106 valence electrons. The number of rotatable bonds is 6. The van der Waals surface area contributed by atoms with Crippen molar-refractivity contribution in [3.05, 3.63) is 35.4 Å². The Morgan fingerprint density at radius 3 is 2.42 bits per heavy atom. The number of carbonyl (C=O) groups is 1. The molecule has 0 saturated heterocycles. The Balaban J connectivity index is 2.58.